The van der Waals surface area contributed by atoms with Crippen LogP contribution in [0.3, 0.4) is 0 Å². The second-order valence-electron chi connectivity index (χ2n) is 5.38. The molecule has 0 aliphatic rings. The summed E-state index contributed by atoms with van der Waals surface area (Å²) in [5, 5.41) is 6.59. The van der Waals surface area contributed by atoms with E-state index in [-0.39, 0.29) is 0 Å². The second-order valence-corrected chi connectivity index (χ2v) is 5.38. The minimum Gasteiger partial charge on any atom is -0.492 e. The van der Waals surface area contributed by atoms with E-state index in [0.29, 0.717) is 12.6 Å². The lowest BCUT2D eigenvalue weighted by Crippen LogP contribution is -2.41. The number of ether oxygens (including phenoxy) is 1. The minimum atomic E-state index is 0.445. The van der Waals surface area contributed by atoms with Crippen molar-refractivity contribution in [1.29, 1.82) is 0 Å². The van der Waals surface area contributed by atoms with Crippen LogP contribution in [0.4, 0.5) is 0 Å². The highest BCUT2D eigenvalue weighted by atomic mass is 16.5. The Morgan fingerprint density at radius 1 is 1.13 bits per heavy atom. The summed E-state index contributed by atoms with van der Waals surface area (Å²) in [6, 6.07) is 10.3. The van der Waals surface area contributed by atoms with E-state index in [1.54, 1.807) is 0 Å². The summed E-state index contributed by atoms with van der Waals surface area (Å²) in [6.07, 6.45) is 0. The molecule has 5 heteroatoms. The molecule has 1 aromatic rings. The highest BCUT2D eigenvalue weighted by Gasteiger charge is 2.09. The van der Waals surface area contributed by atoms with Crippen molar-refractivity contribution in [2.45, 2.75) is 33.7 Å². The number of nitrogens with one attached hydrogen (secondary N) is 2. The van der Waals surface area contributed by atoms with Gasteiger partial charge in [0.1, 0.15) is 12.4 Å². The summed E-state index contributed by atoms with van der Waals surface area (Å²) in [5.41, 5.74) is 0. The molecule has 0 saturated carbocycles. The molecular formula is C18H32N4O. The fourth-order valence-electron chi connectivity index (χ4n) is 2.38. The van der Waals surface area contributed by atoms with Gasteiger partial charge < -0.3 is 15.4 Å². The molecular weight excluding hydrogens is 288 g/mol. The van der Waals surface area contributed by atoms with Crippen LogP contribution in [0, 0.1) is 0 Å². The summed E-state index contributed by atoms with van der Waals surface area (Å²) in [7, 11) is 0. The number of guanidine groups is 1. The topological polar surface area (TPSA) is 48.9 Å². The van der Waals surface area contributed by atoms with E-state index < -0.39 is 0 Å². The number of nitrogens with zero attached hydrogens (tertiary/aromatic N) is 2. The molecule has 0 spiro atoms. The zero-order valence-corrected chi connectivity index (χ0v) is 15.0. The van der Waals surface area contributed by atoms with Gasteiger partial charge in [-0.05, 0) is 39.1 Å². The molecule has 130 valence electrons. The molecule has 0 aliphatic heterocycles. The van der Waals surface area contributed by atoms with Gasteiger partial charge in [-0.15, -0.1) is 0 Å². The van der Waals surface area contributed by atoms with E-state index in [2.05, 4.69) is 48.2 Å². The van der Waals surface area contributed by atoms with Crippen LogP contribution in [0.1, 0.15) is 27.7 Å². The fourth-order valence-corrected chi connectivity index (χ4v) is 2.38. The van der Waals surface area contributed by atoms with Crippen LogP contribution in [0.25, 0.3) is 0 Å². The SMILES string of the molecule is CCNC(=NCC(C)N(CC)CC)NCCOc1ccccc1. The van der Waals surface area contributed by atoms with Crippen molar-refractivity contribution in [3.05, 3.63) is 30.3 Å². The largest absolute Gasteiger partial charge is 0.492 e. The Morgan fingerprint density at radius 3 is 2.43 bits per heavy atom. The van der Waals surface area contributed by atoms with Crippen LogP contribution in [0.15, 0.2) is 35.3 Å². The van der Waals surface area contributed by atoms with Gasteiger partial charge in [0.15, 0.2) is 5.96 Å². The highest BCUT2D eigenvalue weighted by Crippen LogP contribution is 2.07. The summed E-state index contributed by atoms with van der Waals surface area (Å²) in [6.45, 7) is 13.8. The maximum Gasteiger partial charge on any atom is 0.191 e. The van der Waals surface area contributed by atoms with Gasteiger partial charge >= 0.3 is 0 Å². The molecule has 0 aliphatic carbocycles. The molecule has 5 nitrogen and oxygen atoms in total. The number of benzene rings is 1. The van der Waals surface area contributed by atoms with Gasteiger partial charge in [0.25, 0.3) is 0 Å². The first-order valence-electron chi connectivity index (χ1n) is 8.65. The predicted octanol–water partition coefficient (Wildman–Crippen LogP) is 2.35. The van der Waals surface area contributed by atoms with Crippen molar-refractivity contribution in [1.82, 2.24) is 15.5 Å². The first-order chi connectivity index (χ1) is 11.2. The monoisotopic (exact) mass is 320 g/mol. The first-order valence-corrected chi connectivity index (χ1v) is 8.65. The van der Waals surface area contributed by atoms with E-state index >= 15 is 0 Å². The molecule has 1 rings (SSSR count). The Morgan fingerprint density at radius 2 is 1.83 bits per heavy atom. The van der Waals surface area contributed by atoms with Gasteiger partial charge in [-0.3, -0.25) is 9.89 Å². The molecule has 0 aromatic heterocycles. The maximum atomic E-state index is 5.68. The molecule has 0 fully saturated rings. The molecule has 23 heavy (non-hydrogen) atoms. The number of hydrogen-bond donors (Lipinski definition) is 2. The lowest BCUT2D eigenvalue weighted by atomic mass is 10.3. The van der Waals surface area contributed by atoms with Gasteiger partial charge in [-0.2, -0.15) is 0 Å². The first kappa shape index (κ1) is 19.3. The zero-order valence-electron chi connectivity index (χ0n) is 15.0. The fraction of sp³-hybridized carbons (Fsp3) is 0.611. The number of hydrogen-bond acceptors (Lipinski definition) is 3. The molecule has 0 amide bonds. The van der Waals surface area contributed by atoms with E-state index in [1.807, 2.05) is 30.3 Å². The van der Waals surface area contributed by atoms with Crippen molar-refractivity contribution in [3.8, 4) is 5.75 Å². The van der Waals surface area contributed by atoms with Crippen LogP contribution in [-0.2, 0) is 0 Å². The minimum absolute atomic E-state index is 0.445. The Kier molecular flexibility index (Phi) is 9.87. The molecule has 0 saturated heterocycles. The lowest BCUT2D eigenvalue weighted by Gasteiger charge is -2.25. The van der Waals surface area contributed by atoms with Crippen LogP contribution in [-0.4, -0.2) is 56.2 Å². The third-order valence-electron chi connectivity index (χ3n) is 3.70. The van der Waals surface area contributed by atoms with Crippen molar-refractivity contribution >= 4 is 5.96 Å². The van der Waals surface area contributed by atoms with Gasteiger partial charge in [0, 0.05) is 12.6 Å². The van der Waals surface area contributed by atoms with E-state index in [9.17, 15) is 0 Å². The van der Waals surface area contributed by atoms with Gasteiger partial charge in [0.05, 0.1) is 13.1 Å². The van der Waals surface area contributed by atoms with Crippen molar-refractivity contribution < 1.29 is 4.74 Å². The lowest BCUT2D eigenvalue weighted by molar-refractivity contribution is 0.237. The number of rotatable bonds is 10. The van der Waals surface area contributed by atoms with Crippen molar-refractivity contribution in [3.63, 3.8) is 0 Å². The Hall–Kier alpha value is -1.75. The van der Waals surface area contributed by atoms with Crippen molar-refractivity contribution in [2.24, 2.45) is 4.99 Å². The Balaban J connectivity index is 2.37. The number of aliphatic imine (C=N–C) groups is 1. The number of likely N-dealkylation sites (N-methyl/N-ethyl adjacent to an activating group) is 1. The normalized spacial score (nSPS) is 13.0. The quantitative estimate of drug-likeness (QED) is 0.395. The standard InChI is InChI=1S/C18H32N4O/c1-5-19-18(21-15-16(4)22(6-2)7-3)20-13-14-23-17-11-9-8-10-12-17/h8-12,16H,5-7,13-15H2,1-4H3,(H2,19,20,21). The molecule has 1 unspecified atom stereocenters. The summed E-state index contributed by atoms with van der Waals surface area (Å²) in [5.74, 6) is 1.74. The molecule has 0 heterocycles. The maximum absolute atomic E-state index is 5.68. The Labute approximate surface area is 141 Å². The highest BCUT2D eigenvalue weighted by molar-refractivity contribution is 5.79. The molecule has 1 atom stereocenters. The third kappa shape index (κ3) is 7.88. The van der Waals surface area contributed by atoms with Crippen LogP contribution in [0.2, 0.25) is 0 Å². The molecule has 0 radical (unpaired) electrons. The van der Waals surface area contributed by atoms with Crippen LogP contribution < -0.4 is 15.4 Å². The van der Waals surface area contributed by atoms with Gasteiger partial charge in [-0.1, -0.05) is 32.0 Å². The van der Waals surface area contributed by atoms with Crippen LogP contribution in [0.5, 0.6) is 5.75 Å². The van der Waals surface area contributed by atoms with E-state index in [0.717, 1.165) is 44.4 Å². The molecule has 0 bridgehead atoms. The second kappa shape index (κ2) is 11.8. The van der Waals surface area contributed by atoms with E-state index in [4.69, 9.17) is 4.74 Å². The third-order valence-corrected chi connectivity index (χ3v) is 3.70. The average molecular weight is 320 g/mol. The van der Waals surface area contributed by atoms with Crippen LogP contribution >= 0.6 is 0 Å². The van der Waals surface area contributed by atoms with E-state index in [1.165, 1.54) is 0 Å². The smallest absolute Gasteiger partial charge is 0.191 e. The van der Waals surface area contributed by atoms with Crippen molar-refractivity contribution in [2.75, 3.05) is 39.3 Å². The van der Waals surface area contributed by atoms with Gasteiger partial charge in [0.2, 0.25) is 0 Å². The zero-order chi connectivity index (χ0) is 16.9. The average Bonchev–Trinajstić information content (AvgIpc) is 2.58. The Bertz CT molecular complexity index is 432. The van der Waals surface area contributed by atoms with Gasteiger partial charge in [-0.25, -0.2) is 0 Å². The summed E-state index contributed by atoms with van der Waals surface area (Å²) >= 11 is 0. The molecule has 2 N–H and O–H groups in total. The number of para-hydroxylation sites is 1. The summed E-state index contributed by atoms with van der Waals surface area (Å²) in [4.78, 5) is 7.08. The summed E-state index contributed by atoms with van der Waals surface area (Å²) < 4.78 is 5.68. The predicted molar refractivity (Wildman–Crippen MR) is 98.3 cm³/mol. The molecule has 1 aromatic carbocycles.